The van der Waals surface area contributed by atoms with Gasteiger partial charge in [0.2, 0.25) is 10.0 Å². The molecule has 6 nitrogen and oxygen atoms in total. The maximum Gasteiger partial charge on any atom is 0.389 e. The highest BCUT2D eigenvalue weighted by molar-refractivity contribution is 7.89. The minimum Gasteiger partial charge on any atom is -0.479 e. The van der Waals surface area contributed by atoms with Crippen LogP contribution < -0.4 is 4.72 Å². The SMILES string of the molecule is O=C(O)C1CCC(CNS(=O)(=O)CCCC(F)(F)F)O1. The average Bonchev–Trinajstić information content (AvgIpc) is 2.73. The zero-order valence-corrected chi connectivity index (χ0v) is 11.3. The number of carbonyl (C=O) groups is 1. The van der Waals surface area contributed by atoms with Crippen molar-refractivity contribution in [1.29, 1.82) is 0 Å². The molecular formula is C10H16F3NO5S. The molecule has 1 fully saturated rings. The van der Waals surface area contributed by atoms with Crippen LogP contribution in [0.2, 0.25) is 0 Å². The minimum atomic E-state index is -4.38. The molecule has 0 amide bonds. The summed E-state index contributed by atoms with van der Waals surface area (Å²) in [6.07, 6.45) is -6.88. The van der Waals surface area contributed by atoms with E-state index in [0.29, 0.717) is 6.42 Å². The summed E-state index contributed by atoms with van der Waals surface area (Å²) in [7, 11) is -3.81. The van der Waals surface area contributed by atoms with E-state index in [1.54, 1.807) is 0 Å². The van der Waals surface area contributed by atoms with E-state index in [4.69, 9.17) is 9.84 Å². The average molecular weight is 319 g/mol. The van der Waals surface area contributed by atoms with Crippen molar-refractivity contribution in [1.82, 2.24) is 4.72 Å². The minimum absolute atomic E-state index is 0.127. The second kappa shape index (κ2) is 6.72. The van der Waals surface area contributed by atoms with E-state index in [-0.39, 0.29) is 13.0 Å². The lowest BCUT2D eigenvalue weighted by atomic mass is 10.2. The first kappa shape index (κ1) is 17.2. The molecule has 10 heteroatoms. The van der Waals surface area contributed by atoms with Gasteiger partial charge in [-0.2, -0.15) is 13.2 Å². The predicted molar refractivity (Wildman–Crippen MR) is 62.6 cm³/mol. The van der Waals surface area contributed by atoms with Crippen LogP contribution >= 0.6 is 0 Å². The highest BCUT2D eigenvalue weighted by Crippen LogP contribution is 2.22. The van der Waals surface area contributed by atoms with Crippen molar-refractivity contribution in [2.45, 2.75) is 44.1 Å². The fourth-order valence-electron chi connectivity index (χ4n) is 1.79. The summed E-state index contributed by atoms with van der Waals surface area (Å²) in [5, 5.41) is 8.68. The van der Waals surface area contributed by atoms with Gasteiger partial charge >= 0.3 is 12.1 Å². The van der Waals surface area contributed by atoms with E-state index in [9.17, 15) is 26.4 Å². The smallest absolute Gasteiger partial charge is 0.389 e. The number of hydrogen-bond donors (Lipinski definition) is 2. The number of carboxylic acid groups (broad SMARTS) is 1. The molecule has 0 aromatic carbocycles. The maximum atomic E-state index is 11.9. The molecule has 118 valence electrons. The molecule has 0 spiro atoms. The quantitative estimate of drug-likeness (QED) is 0.727. The van der Waals surface area contributed by atoms with Crippen molar-refractivity contribution in [3.8, 4) is 0 Å². The molecule has 2 atom stereocenters. The van der Waals surface area contributed by atoms with Gasteiger partial charge in [0.15, 0.2) is 6.10 Å². The van der Waals surface area contributed by atoms with Crippen LogP contribution in [0.1, 0.15) is 25.7 Å². The first-order valence-electron chi connectivity index (χ1n) is 6.01. The van der Waals surface area contributed by atoms with Gasteiger partial charge in [-0.1, -0.05) is 0 Å². The molecule has 1 aliphatic rings. The Labute approximate surface area is 114 Å². The molecule has 20 heavy (non-hydrogen) atoms. The molecule has 1 heterocycles. The summed E-state index contributed by atoms with van der Waals surface area (Å²) in [4.78, 5) is 10.6. The molecular weight excluding hydrogens is 303 g/mol. The number of hydrogen-bond acceptors (Lipinski definition) is 4. The van der Waals surface area contributed by atoms with Crippen LogP contribution in [0, 0.1) is 0 Å². The lowest BCUT2D eigenvalue weighted by Gasteiger charge is -2.13. The van der Waals surface area contributed by atoms with Crippen LogP contribution in [-0.4, -0.2) is 50.2 Å². The number of halogens is 3. The zero-order valence-electron chi connectivity index (χ0n) is 10.5. The maximum absolute atomic E-state index is 11.9. The molecule has 0 saturated carbocycles. The summed E-state index contributed by atoms with van der Waals surface area (Å²) >= 11 is 0. The van der Waals surface area contributed by atoms with Crippen LogP contribution in [0.3, 0.4) is 0 Å². The molecule has 0 aromatic rings. The van der Waals surface area contributed by atoms with E-state index >= 15 is 0 Å². The first-order chi connectivity index (χ1) is 9.09. The Bertz CT molecular complexity index is 437. The Morgan fingerprint density at radius 2 is 2.00 bits per heavy atom. The standard InChI is InChI=1S/C10H16F3NO5S/c11-10(12,13)4-1-5-20(17,18)14-6-7-2-3-8(19-7)9(15)16/h7-8,14H,1-6H2,(H,15,16). The fourth-order valence-corrected chi connectivity index (χ4v) is 2.90. The number of nitrogens with one attached hydrogen (secondary N) is 1. The van der Waals surface area contributed by atoms with E-state index in [1.165, 1.54) is 0 Å². The van der Waals surface area contributed by atoms with Gasteiger partial charge in [-0.05, 0) is 19.3 Å². The van der Waals surface area contributed by atoms with Gasteiger partial charge in [0.25, 0.3) is 0 Å². The van der Waals surface area contributed by atoms with E-state index < -0.39 is 53.0 Å². The van der Waals surface area contributed by atoms with Gasteiger partial charge in [0.05, 0.1) is 11.9 Å². The molecule has 0 aromatic heterocycles. The van der Waals surface area contributed by atoms with E-state index in [2.05, 4.69) is 4.72 Å². The summed E-state index contributed by atoms with van der Waals surface area (Å²) in [5.74, 6) is -1.73. The van der Waals surface area contributed by atoms with Crippen molar-refractivity contribution in [3.05, 3.63) is 0 Å². The van der Waals surface area contributed by atoms with Crippen LogP contribution in [0.25, 0.3) is 0 Å². The van der Waals surface area contributed by atoms with Gasteiger partial charge in [-0.25, -0.2) is 17.9 Å². The molecule has 1 saturated heterocycles. The number of alkyl halides is 3. The third kappa shape index (κ3) is 6.53. The van der Waals surface area contributed by atoms with Crippen molar-refractivity contribution < 1.29 is 36.2 Å². The second-order valence-corrected chi connectivity index (χ2v) is 6.47. The molecule has 2 N–H and O–H groups in total. The molecule has 2 unspecified atom stereocenters. The van der Waals surface area contributed by atoms with Crippen molar-refractivity contribution >= 4 is 16.0 Å². The summed E-state index contributed by atoms with van der Waals surface area (Å²) in [6.45, 7) is -0.127. The molecule has 0 radical (unpaired) electrons. The monoisotopic (exact) mass is 319 g/mol. The molecule has 1 aliphatic heterocycles. The third-order valence-corrected chi connectivity index (χ3v) is 4.22. The highest BCUT2D eigenvalue weighted by Gasteiger charge is 2.31. The topological polar surface area (TPSA) is 92.7 Å². The number of ether oxygens (including phenoxy) is 1. The van der Waals surface area contributed by atoms with Crippen LogP contribution in [0.5, 0.6) is 0 Å². The van der Waals surface area contributed by atoms with E-state index in [0.717, 1.165) is 0 Å². The van der Waals surface area contributed by atoms with Crippen LogP contribution in [-0.2, 0) is 19.6 Å². The summed E-state index contributed by atoms with van der Waals surface area (Å²) in [6, 6.07) is 0. The largest absolute Gasteiger partial charge is 0.479 e. The van der Waals surface area contributed by atoms with Gasteiger partial charge in [0, 0.05) is 13.0 Å². The molecule has 1 rings (SSSR count). The van der Waals surface area contributed by atoms with Gasteiger partial charge in [0.1, 0.15) is 0 Å². The third-order valence-electron chi connectivity index (χ3n) is 2.79. The normalized spacial score (nSPS) is 23.9. The Hall–Kier alpha value is -0.870. The Morgan fingerprint density at radius 3 is 2.50 bits per heavy atom. The van der Waals surface area contributed by atoms with E-state index in [1.807, 2.05) is 0 Å². The molecule has 0 aliphatic carbocycles. The number of rotatable bonds is 7. The summed E-state index contributed by atoms with van der Waals surface area (Å²) < 4.78 is 65.8. The number of carboxylic acids is 1. The van der Waals surface area contributed by atoms with Gasteiger partial charge in [-0.15, -0.1) is 0 Å². The lowest BCUT2D eigenvalue weighted by molar-refractivity contribution is -0.149. The van der Waals surface area contributed by atoms with Crippen molar-refractivity contribution in [3.63, 3.8) is 0 Å². The Kier molecular flexibility index (Phi) is 5.78. The zero-order chi connectivity index (χ0) is 15.4. The Morgan fingerprint density at radius 1 is 1.35 bits per heavy atom. The number of sulfonamides is 1. The molecule has 0 bridgehead atoms. The first-order valence-corrected chi connectivity index (χ1v) is 7.67. The predicted octanol–water partition coefficient (Wildman–Crippen LogP) is 0.880. The van der Waals surface area contributed by atoms with Crippen molar-refractivity contribution in [2.75, 3.05) is 12.3 Å². The highest BCUT2D eigenvalue weighted by atomic mass is 32.2. The Balaban J connectivity index is 2.28. The lowest BCUT2D eigenvalue weighted by Crippen LogP contribution is -2.34. The van der Waals surface area contributed by atoms with Gasteiger partial charge < -0.3 is 9.84 Å². The fraction of sp³-hybridized carbons (Fsp3) is 0.900. The van der Waals surface area contributed by atoms with Crippen LogP contribution in [0.15, 0.2) is 0 Å². The number of aliphatic carboxylic acids is 1. The van der Waals surface area contributed by atoms with Gasteiger partial charge in [-0.3, -0.25) is 0 Å². The van der Waals surface area contributed by atoms with Crippen molar-refractivity contribution in [2.24, 2.45) is 0 Å². The second-order valence-electron chi connectivity index (χ2n) is 4.55. The van der Waals surface area contributed by atoms with Crippen LogP contribution in [0.4, 0.5) is 13.2 Å². The summed E-state index contributed by atoms with van der Waals surface area (Å²) in [5.41, 5.74) is 0.